The third-order valence-electron chi connectivity index (χ3n) is 2.24. The molecule has 1 rings (SSSR count). The number of hydrogen-bond donors (Lipinski definition) is 2. The Labute approximate surface area is 94.2 Å². The number of hydrogen-bond acceptors (Lipinski definition) is 4. The third-order valence-corrected chi connectivity index (χ3v) is 2.24. The third kappa shape index (κ3) is 3.32. The van der Waals surface area contributed by atoms with E-state index < -0.39 is 6.04 Å². The minimum Gasteiger partial charge on any atom is -0.394 e. The molecule has 2 unspecified atom stereocenters. The number of nitrogens with zero attached hydrogens (tertiary/aromatic N) is 2. The molecular weight excluding hydrogens is 210 g/mol. The van der Waals surface area contributed by atoms with Gasteiger partial charge in [0.15, 0.2) is 0 Å². The zero-order valence-corrected chi connectivity index (χ0v) is 9.46. The van der Waals surface area contributed by atoms with E-state index in [-0.39, 0.29) is 25.2 Å². The van der Waals surface area contributed by atoms with Crippen LogP contribution in [-0.4, -0.2) is 47.2 Å². The summed E-state index contributed by atoms with van der Waals surface area (Å²) in [5.41, 5.74) is 0. The molecule has 1 heterocycles. The van der Waals surface area contributed by atoms with Crippen molar-refractivity contribution in [2.24, 2.45) is 0 Å². The number of methoxy groups -OCH3 is 1. The predicted octanol–water partition coefficient (Wildman–Crippen LogP) is -0.432. The molecule has 0 radical (unpaired) electrons. The Kier molecular flexibility index (Phi) is 4.94. The van der Waals surface area contributed by atoms with Gasteiger partial charge < -0.3 is 15.2 Å². The molecule has 1 aromatic heterocycles. The molecule has 0 bridgehead atoms. The van der Waals surface area contributed by atoms with Crippen LogP contribution < -0.4 is 5.32 Å². The Morgan fingerprint density at radius 2 is 2.44 bits per heavy atom. The Bertz CT molecular complexity index is 313. The number of aliphatic hydroxyl groups is 1. The van der Waals surface area contributed by atoms with E-state index in [1.54, 1.807) is 30.1 Å². The van der Waals surface area contributed by atoms with Gasteiger partial charge in [-0.3, -0.25) is 9.48 Å². The van der Waals surface area contributed by atoms with E-state index in [1.807, 2.05) is 0 Å². The molecular formula is C10H17N3O3. The number of carbonyl (C=O) groups is 1. The molecule has 6 heteroatoms. The highest BCUT2D eigenvalue weighted by atomic mass is 16.5. The molecule has 0 spiro atoms. The van der Waals surface area contributed by atoms with Crippen molar-refractivity contribution in [2.75, 3.05) is 20.3 Å². The molecule has 0 aliphatic rings. The highest BCUT2D eigenvalue weighted by molar-refractivity contribution is 5.80. The van der Waals surface area contributed by atoms with Crippen LogP contribution >= 0.6 is 0 Å². The number of amides is 1. The van der Waals surface area contributed by atoms with Crippen LogP contribution in [0.15, 0.2) is 18.5 Å². The van der Waals surface area contributed by atoms with Crippen LogP contribution in [0.3, 0.4) is 0 Å². The maximum Gasteiger partial charge on any atom is 0.244 e. The van der Waals surface area contributed by atoms with Crippen LogP contribution in [0, 0.1) is 0 Å². The van der Waals surface area contributed by atoms with Gasteiger partial charge in [0.25, 0.3) is 0 Å². The molecule has 16 heavy (non-hydrogen) atoms. The number of rotatable bonds is 6. The first-order valence-corrected chi connectivity index (χ1v) is 5.08. The van der Waals surface area contributed by atoms with E-state index in [0.29, 0.717) is 0 Å². The van der Waals surface area contributed by atoms with E-state index in [1.165, 1.54) is 7.11 Å². The zero-order valence-electron chi connectivity index (χ0n) is 9.46. The Hall–Kier alpha value is -1.40. The Balaban J connectivity index is 2.51. The smallest absolute Gasteiger partial charge is 0.244 e. The van der Waals surface area contributed by atoms with Gasteiger partial charge in [0, 0.05) is 19.5 Å². The summed E-state index contributed by atoms with van der Waals surface area (Å²) < 4.78 is 6.42. The second-order valence-corrected chi connectivity index (χ2v) is 3.51. The number of carbonyl (C=O) groups excluding carboxylic acids is 1. The molecule has 0 fully saturated rings. The lowest BCUT2D eigenvalue weighted by molar-refractivity contribution is -0.125. The summed E-state index contributed by atoms with van der Waals surface area (Å²) in [5, 5.41) is 15.7. The minimum atomic E-state index is -0.402. The summed E-state index contributed by atoms with van der Waals surface area (Å²) in [7, 11) is 1.52. The topological polar surface area (TPSA) is 76.4 Å². The van der Waals surface area contributed by atoms with Gasteiger partial charge in [-0.2, -0.15) is 5.10 Å². The maximum absolute atomic E-state index is 11.7. The van der Waals surface area contributed by atoms with E-state index in [0.717, 1.165) is 0 Å². The summed E-state index contributed by atoms with van der Waals surface area (Å²) in [6, 6.07) is 0.971. The number of aliphatic hydroxyl groups excluding tert-OH is 1. The van der Waals surface area contributed by atoms with E-state index in [4.69, 9.17) is 9.84 Å². The molecule has 6 nitrogen and oxygen atoms in total. The fourth-order valence-electron chi connectivity index (χ4n) is 1.29. The van der Waals surface area contributed by atoms with Gasteiger partial charge in [-0.25, -0.2) is 0 Å². The van der Waals surface area contributed by atoms with Crippen LogP contribution in [0.4, 0.5) is 0 Å². The molecule has 1 aromatic rings. The summed E-state index contributed by atoms with van der Waals surface area (Å²) in [4.78, 5) is 11.7. The summed E-state index contributed by atoms with van der Waals surface area (Å²) in [5.74, 6) is -0.195. The first-order chi connectivity index (χ1) is 7.69. The lowest BCUT2D eigenvalue weighted by atomic mass is 10.2. The second kappa shape index (κ2) is 6.24. The van der Waals surface area contributed by atoms with Gasteiger partial charge in [-0.15, -0.1) is 0 Å². The number of nitrogens with one attached hydrogen (secondary N) is 1. The summed E-state index contributed by atoms with van der Waals surface area (Å²) in [6.07, 6.45) is 3.33. The molecule has 2 atom stereocenters. The number of ether oxygens (including phenoxy) is 1. The predicted molar refractivity (Wildman–Crippen MR) is 57.8 cm³/mol. The zero-order chi connectivity index (χ0) is 12.0. The fourth-order valence-corrected chi connectivity index (χ4v) is 1.29. The summed E-state index contributed by atoms with van der Waals surface area (Å²) >= 11 is 0. The van der Waals surface area contributed by atoms with Crippen LogP contribution in [0.25, 0.3) is 0 Å². The van der Waals surface area contributed by atoms with Crippen molar-refractivity contribution in [3.8, 4) is 0 Å². The molecule has 0 aromatic carbocycles. The van der Waals surface area contributed by atoms with Crippen LogP contribution in [0.2, 0.25) is 0 Å². The molecule has 90 valence electrons. The number of aromatic nitrogens is 2. The molecule has 2 N–H and O–H groups in total. The average Bonchev–Trinajstić information content (AvgIpc) is 2.80. The fraction of sp³-hybridized carbons (Fsp3) is 0.600. The quantitative estimate of drug-likeness (QED) is 0.691. The molecule has 1 amide bonds. The van der Waals surface area contributed by atoms with Gasteiger partial charge in [0.2, 0.25) is 5.91 Å². The van der Waals surface area contributed by atoms with Gasteiger partial charge in [0.05, 0.1) is 19.3 Å². The van der Waals surface area contributed by atoms with Crippen molar-refractivity contribution in [1.82, 2.24) is 15.1 Å². The first-order valence-electron chi connectivity index (χ1n) is 5.08. The Morgan fingerprint density at radius 1 is 1.69 bits per heavy atom. The van der Waals surface area contributed by atoms with Crippen molar-refractivity contribution in [1.29, 1.82) is 0 Å². The average molecular weight is 227 g/mol. The van der Waals surface area contributed by atoms with Gasteiger partial charge >= 0.3 is 0 Å². The van der Waals surface area contributed by atoms with Gasteiger partial charge in [-0.1, -0.05) is 0 Å². The highest BCUT2D eigenvalue weighted by Crippen LogP contribution is 2.03. The lowest BCUT2D eigenvalue weighted by Crippen LogP contribution is -2.43. The van der Waals surface area contributed by atoms with Crippen LogP contribution in [0.5, 0.6) is 0 Å². The monoisotopic (exact) mass is 227 g/mol. The standard InChI is InChI=1S/C10H17N3O3/c1-8(13-5-3-4-11-13)10(15)12-9(6-14)7-16-2/h3-5,8-9,14H,6-7H2,1-2H3,(H,12,15). The van der Waals surface area contributed by atoms with Gasteiger partial charge in [-0.05, 0) is 13.0 Å². The SMILES string of the molecule is COCC(CO)NC(=O)C(C)n1cccn1. The second-order valence-electron chi connectivity index (χ2n) is 3.51. The summed E-state index contributed by atoms with van der Waals surface area (Å²) in [6.45, 7) is 1.88. The molecule has 0 aliphatic carbocycles. The van der Waals surface area contributed by atoms with Crippen molar-refractivity contribution in [3.63, 3.8) is 0 Å². The highest BCUT2D eigenvalue weighted by Gasteiger charge is 2.18. The normalized spacial score (nSPS) is 14.4. The van der Waals surface area contributed by atoms with E-state index >= 15 is 0 Å². The minimum absolute atomic E-state index is 0.147. The van der Waals surface area contributed by atoms with E-state index in [9.17, 15) is 4.79 Å². The first kappa shape index (κ1) is 12.7. The van der Waals surface area contributed by atoms with Crippen molar-refractivity contribution < 1.29 is 14.6 Å². The lowest BCUT2D eigenvalue weighted by Gasteiger charge is -2.18. The largest absolute Gasteiger partial charge is 0.394 e. The van der Waals surface area contributed by atoms with Crippen molar-refractivity contribution in [2.45, 2.75) is 19.0 Å². The van der Waals surface area contributed by atoms with Crippen molar-refractivity contribution in [3.05, 3.63) is 18.5 Å². The van der Waals surface area contributed by atoms with Crippen LogP contribution in [0.1, 0.15) is 13.0 Å². The van der Waals surface area contributed by atoms with Crippen LogP contribution in [-0.2, 0) is 9.53 Å². The Morgan fingerprint density at radius 3 is 2.94 bits per heavy atom. The van der Waals surface area contributed by atoms with Gasteiger partial charge in [0.1, 0.15) is 6.04 Å². The van der Waals surface area contributed by atoms with Crippen molar-refractivity contribution >= 4 is 5.91 Å². The maximum atomic E-state index is 11.7. The molecule has 0 aliphatic heterocycles. The molecule has 0 saturated carbocycles. The molecule has 0 saturated heterocycles. The van der Waals surface area contributed by atoms with E-state index in [2.05, 4.69) is 10.4 Å².